The smallest absolute Gasteiger partial charge is 0.252 e. The number of carbonyl (C=O) groups is 1. The number of hydrogen-bond acceptors (Lipinski definition) is 7. The van der Waals surface area contributed by atoms with Crippen molar-refractivity contribution in [3.63, 3.8) is 0 Å². The number of fused-ring (bicyclic) bond motifs is 3. The van der Waals surface area contributed by atoms with Gasteiger partial charge >= 0.3 is 0 Å². The molecule has 2 aromatic heterocycles. The van der Waals surface area contributed by atoms with Crippen molar-refractivity contribution in [2.75, 3.05) is 17.7 Å². The molecule has 1 aliphatic rings. The fourth-order valence-corrected chi connectivity index (χ4v) is 5.51. The first-order chi connectivity index (χ1) is 15.0. The van der Waals surface area contributed by atoms with Crippen LogP contribution in [0.3, 0.4) is 0 Å². The van der Waals surface area contributed by atoms with E-state index in [9.17, 15) is 13.2 Å². The third kappa shape index (κ3) is 3.62. The lowest BCUT2D eigenvalue weighted by Crippen LogP contribution is -2.42. The van der Waals surface area contributed by atoms with E-state index in [1.54, 1.807) is 13.0 Å². The molecule has 1 amide bonds. The number of rotatable bonds is 5. The molecule has 2 N–H and O–H groups in total. The molecular formula is C22H28N6O3S. The molecule has 0 aliphatic carbocycles. The van der Waals surface area contributed by atoms with Crippen LogP contribution >= 0.6 is 0 Å². The fraction of sp³-hybridized carbons (Fsp3) is 0.455. The van der Waals surface area contributed by atoms with E-state index in [-0.39, 0.29) is 12.0 Å². The molecule has 4 rings (SSSR count). The van der Waals surface area contributed by atoms with Gasteiger partial charge < -0.3 is 15.2 Å². The third-order valence-corrected chi connectivity index (χ3v) is 7.20. The Kier molecular flexibility index (Phi) is 5.44. The van der Waals surface area contributed by atoms with Crippen LogP contribution in [-0.4, -0.2) is 46.6 Å². The maximum atomic E-state index is 12.4. The topological polar surface area (TPSA) is 124 Å². The summed E-state index contributed by atoms with van der Waals surface area (Å²) in [6.07, 6.45) is 3.33. The summed E-state index contributed by atoms with van der Waals surface area (Å²) in [5.41, 5.74) is 8.63. The standard InChI is InChI=1S/C22H28N6O3S/c1-6-14-9-16-17(10-18(14)32(5,30)31)27-7-8-28(19(12(2)3)21(27)26-16)22-24-11-15(20(23)29)13(4)25-22/h9-12,19H,6-8H2,1-5H3,(H2,23,29)/t19-/m1/s1. The summed E-state index contributed by atoms with van der Waals surface area (Å²) in [6, 6.07) is 3.54. The fourth-order valence-electron chi connectivity index (χ4n) is 4.50. The second-order valence-electron chi connectivity index (χ2n) is 8.61. The Bertz CT molecular complexity index is 1330. The quantitative estimate of drug-likeness (QED) is 0.625. The van der Waals surface area contributed by atoms with Crippen LogP contribution in [0.2, 0.25) is 0 Å². The minimum absolute atomic E-state index is 0.110. The number of imidazole rings is 1. The zero-order valence-electron chi connectivity index (χ0n) is 19.0. The highest BCUT2D eigenvalue weighted by Crippen LogP contribution is 2.37. The number of primary amides is 1. The predicted octanol–water partition coefficient (Wildman–Crippen LogP) is 2.42. The number of aryl methyl sites for hydroxylation is 2. The second kappa shape index (κ2) is 7.84. The molecule has 10 heteroatoms. The lowest BCUT2D eigenvalue weighted by Gasteiger charge is -2.38. The largest absolute Gasteiger partial charge is 0.365 e. The summed E-state index contributed by atoms with van der Waals surface area (Å²) in [4.78, 5) is 27.9. The van der Waals surface area contributed by atoms with Gasteiger partial charge in [-0.2, -0.15) is 0 Å². The zero-order chi connectivity index (χ0) is 23.4. The van der Waals surface area contributed by atoms with Crippen molar-refractivity contribution >= 4 is 32.7 Å². The number of nitrogens with zero attached hydrogens (tertiary/aromatic N) is 5. The molecule has 1 aliphatic heterocycles. The molecule has 0 unspecified atom stereocenters. The first-order valence-corrected chi connectivity index (χ1v) is 12.5. The van der Waals surface area contributed by atoms with Crippen molar-refractivity contribution in [2.45, 2.75) is 51.6 Å². The molecular weight excluding hydrogens is 428 g/mol. The molecule has 3 aromatic rings. The maximum absolute atomic E-state index is 12.4. The van der Waals surface area contributed by atoms with Gasteiger partial charge in [0, 0.05) is 25.5 Å². The second-order valence-corrected chi connectivity index (χ2v) is 10.6. The van der Waals surface area contributed by atoms with Gasteiger partial charge in [-0.15, -0.1) is 0 Å². The molecule has 0 radical (unpaired) electrons. The predicted molar refractivity (Wildman–Crippen MR) is 122 cm³/mol. The maximum Gasteiger partial charge on any atom is 0.252 e. The monoisotopic (exact) mass is 456 g/mol. The average Bonchev–Trinajstić information content (AvgIpc) is 3.08. The Morgan fingerprint density at radius 1 is 1.25 bits per heavy atom. The minimum atomic E-state index is -3.35. The van der Waals surface area contributed by atoms with Crippen LogP contribution in [0.5, 0.6) is 0 Å². The van der Waals surface area contributed by atoms with E-state index in [4.69, 9.17) is 10.7 Å². The molecule has 0 bridgehead atoms. The average molecular weight is 457 g/mol. The van der Waals surface area contributed by atoms with Gasteiger partial charge in [0.15, 0.2) is 9.84 Å². The van der Waals surface area contributed by atoms with E-state index in [1.165, 1.54) is 12.5 Å². The molecule has 0 fully saturated rings. The molecule has 9 nitrogen and oxygen atoms in total. The third-order valence-electron chi connectivity index (χ3n) is 6.03. The SMILES string of the molecule is CCc1cc2nc3n(c2cc1S(C)(=O)=O)CCN(c1ncc(C(N)=O)c(C)n1)[C@@H]3C(C)C. The van der Waals surface area contributed by atoms with Gasteiger partial charge in [-0.3, -0.25) is 4.79 Å². The molecule has 0 spiro atoms. The number of hydrogen-bond donors (Lipinski definition) is 1. The van der Waals surface area contributed by atoms with Gasteiger partial charge in [-0.25, -0.2) is 23.4 Å². The number of sulfone groups is 1. The summed E-state index contributed by atoms with van der Waals surface area (Å²) >= 11 is 0. The Morgan fingerprint density at radius 2 is 1.97 bits per heavy atom. The molecule has 1 aromatic carbocycles. The van der Waals surface area contributed by atoms with Crippen LogP contribution in [0.25, 0.3) is 11.0 Å². The lowest BCUT2D eigenvalue weighted by molar-refractivity contribution is 0.0999. The van der Waals surface area contributed by atoms with E-state index >= 15 is 0 Å². The molecule has 3 heterocycles. The number of benzene rings is 1. The molecule has 170 valence electrons. The zero-order valence-corrected chi connectivity index (χ0v) is 19.8. The number of anilines is 1. The van der Waals surface area contributed by atoms with Crippen LogP contribution in [0, 0.1) is 12.8 Å². The number of aromatic nitrogens is 4. The summed E-state index contributed by atoms with van der Waals surface area (Å²) in [7, 11) is -3.35. The summed E-state index contributed by atoms with van der Waals surface area (Å²) in [6.45, 7) is 9.14. The first-order valence-electron chi connectivity index (χ1n) is 10.7. The molecule has 32 heavy (non-hydrogen) atoms. The highest BCUT2D eigenvalue weighted by atomic mass is 32.2. The Hall–Kier alpha value is -3.01. The normalized spacial score (nSPS) is 16.6. The van der Waals surface area contributed by atoms with E-state index in [2.05, 4.69) is 33.3 Å². The van der Waals surface area contributed by atoms with Crippen molar-refractivity contribution in [3.8, 4) is 0 Å². The summed E-state index contributed by atoms with van der Waals surface area (Å²) in [5.74, 6) is 1.01. The molecule has 1 atom stereocenters. The first kappa shape index (κ1) is 22.2. The van der Waals surface area contributed by atoms with Gasteiger partial charge in [0.1, 0.15) is 5.82 Å². The van der Waals surface area contributed by atoms with Gasteiger partial charge in [0.2, 0.25) is 5.95 Å². The highest BCUT2D eigenvalue weighted by Gasteiger charge is 2.35. The highest BCUT2D eigenvalue weighted by molar-refractivity contribution is 7.90. The van der Waals surface area contributed by atoms with Crippen molar-refractivity contribution in [1.29, 1.82) is 0 Å². The van der Waals surface area contributed by atoms with Crippen LogP contribution in [0.15, 0.2) is 23.2 Å². The van der Waals surface area contributed by atoms with Gasteiger partial charge in [-0.1, -0.05) is 20.8 Å². The van der Waals surface area contributed by atoms with Crippen molar-refractivity contribution in [3.05, 3.63) is 41.0 Å². The van der Waals surface area contributed by atoms with Crippen LogP contribution in [-0.2, 0) is 22.8 Å². The van der Waals surface area contributed by atoms with E-state index in [0.717, 1.165) is 22.4 Å². The van der Waals surface area contributed by atoms with Crippen LogP contribution < -0.4 is 10.6 Å². The Labute approximate surface area is 187 Å². The Morgan fingerprint density at radius 3 is 2.53 bits per heavy atom. The lowest BCUT2D eigenvalue weighted by atomic mass is 10.00. The summed E-state index contributed by atoms with van der Waals surface area (Å²) in [5, 5.41) is 0. The van der Waals surface area contributed by atoms with Crippen LogP contribution in [0.1, 0.15) is 54.3 Å². The van der Waals surface area contributed by atoms with Crippen molar-refractivity contribution in [1.82, 2.24) is 19.5 Å². The van der Waals surface area contributed by atoms with Crippen LogP contribution in [0.4, 0.5) is 5.95 Å². The van der Waals surface area contributed by atoms with E-state index < -0.39 is 15.7 Å². The van der Waals surface area contributed by atoms with E-state index in [1.807, 2.05) is 13.0 Å². The van der Waals surface area contributed by atoms with Gasteiger partial charge in [-0.05, 0) is 37.0 Å². The van der Waals surface area contributed by atoms with Gasteiger partial charge in [0.05, 0.1) is 33.2 Å². The summed E-state index contributed by atoms with van der Waals surface area (Å²) < 4.78 is 26.9. The molecule has 0 saturated carbocycles. The minimum Gasteiger partial charge on any atom is -0.365 e. The number of nitrogens with two attached hydrogens (primary N) is 1. The van der Waals surface area contributed by atoms with Crippen molar-refractivity contribution < 1.29 is 13.2 Å². The van der Waals surface area contributed by atoms with Gasteiger partial charge in [0.25, 0.3) is 5.91 Å². The Balaban J connectivity index is 1.86. The van der Waals surface area contributed by atoms with Crippen molar-refractivity contribution in [2.24, 2.45) is 11.7 Å². The number of amides is 1. The number of carbonyl (C=O) groups excluding carboxylic acids is 1. The molecule has 0 saturated heterocycles. The van der Waals surface area contributed by atoms with E-state index in [0.29, 0.717) is 41.6 Å².